The van der Waals surface area contributed by atoms with Gasteiger partial charge < -0.3 is 0 Å². The highest BCUT2D eigenvalue weighted by molar-refractivity contribution is 7.60. The third kappa shape index (κ3) is 1.73. The minimum absolute atomic E-state index is 0.221. The highest BCUT2D eigenvalue weighted by atomic mass is 31.1. The van der Waals surface area contributed by atoms with Gasteiger partial charge in [-0.25, -0.2) is 0 Å². The van der Waals surface area contributed by atoms with E-state index in [-0.39, 0.29) is 7.53 Å². The summed E-state index contributed by atoms with van der Waals surface area (Å²) in [5, 5.41) is 11.6. The molecule has 4 aromatic carbocycles. The summed E-state index contributed by atoms with van der Waals surface area (Å²) >= 11 is 0. The number of fused-ring (bicyclic) bond motifs is 7. The zero-order chi connectivity index (χ0) is 15.4. The molecule has 0 nitrogen and oxygen atoms in total. The molecule has 0 radical (unpaired) electrons. The quantitative estimate of drug-likeness (QED) is 0.304. The van der Waals surface area contributed by atoms with E-state index in [2.05, 4.69) is 79.7 Å². The molecule has 0 saturated carbocycles. The molecule has 5 rings (SSSR count). The predicted molar refractivity (Wildman–Crippen MR) is 105 cm³/mol. The first kappa shape index (κ1) is 13.2. The van der Waals surface area contributed by atoms with Gasteiger partial charge in [-0.05, 0) is 39.8 Å². The van der Waals surface area contributed by atoms with Crippen molar-refractivity contribution in [3.63, 3.8) is 0 Å². The summed E-state index contributed by atoms with van der Waals surface area (Å²) in [5.41, 5.74) is 0. The fourth-order valence-corrected chi connectivity index (χ4v) is 6.42. The summed E-state index contributed by atoms with van der Waals surface area (Å²) in [5.74, 6) is 0. The van der Waals surface area contributed by atoms with E-state index in [9.17, 15) is 0 Å². The molecule has 0 atom stereocenters. The maximum atomic E-state index is 2.38. The van der Waals surface area contributed by atoms with Gasteiger partial charge in [0.2, 0.25) is 0 Å². The van der Waals surface area contributed by atoms with Crippen LogP contribution in [0, 0.1) is 0 Å². The zero-order valence-corrected chi connectivity index (χ0v) is 14.0. The van der Waals surface area contributed by atoms with Crippen molar-refractivity contribution in [3.05, 3.63) is 72.8 Å². The average molecular weight is 312 g/mol. The molecule has 0 fully saturated rings. The molecule has 0 saturated heterocycles. The first-order valence-corrected chi connectivity index (χ1v) is 9.72. The van der Waals surface area contributed by atoms with Gasteiger partial charge >= 0.3 is 0 Å². The Labute approximate surface area is 136 Å². The largest absolute Gasteiger partial charge is 0.109 e. The molecular formula is C22H17P. The molecule has 0 aliphatic heterocycles. The summed E-state index contributed by atoms with van der Waals surface area (Å²) in [6.45, 7) is 2.33. The molecule has 0 unspecified atom stereocenters. The van der Waals surface area contributed by atoms with Gasteiger partial charge in [0.25, 0.3) is 0 Å². The van der Waals surface area contributed by atoms with Crippen LogP contribution in [0.3, 0.4) is 0 Å². The lowest BCUT2D eigenvalue weighted by Crippen LogP contribution is -1.76. The Morgan fingerprint density at radius 1 is 0.609 bits per heavy atom. The summed E-state index contributed by atoms with van der Waals surface area (Å²) in [4.78, 5) is 0. The highest BCUT2D eigenvalue weighted by Gasteiger charge is 2.15. The smallest absolute Gasteiger partial charge is 0.00304 e. The molecule has 1 heterocycles. The topological polar surface area (TPSA) is 0 Å². The van der Waals surface area contributed by atoms with Crippen LogP contribution >= 0.6 is 7.53 Å². The molecule has 1 heteroatoms. The van der Waals surface area contributed by atoms with Crippen LogP contribution in [0.4, 0.5) is 0 Å². The van der Waals surface area contributed by atoms with Crippen molar-refractivity contribution in [1.82, 2.24) is 0 Å². The van der Waals surface area contributed by atoms with Crippen molar-refractivity contribution < 1.29 is 0 Å². The third-order valence-electron chi connectivity index (χ3n) is 4.96. The number of benzene rings is 4. The molecule has 1 aromatic heterocycles. The molecule has 110 valence electrons. The first-order chi connectivity index (χ1) is 11.4. The molecule has 0 N–H and O–H groups in total. The van der Waals surface area contributed by atoms with Crippen LogP contribution in [0.25, 0.3) is 42.6 Å². The summed E-state index contributed by atoms with van der Waals surface area (Å²) < 4.78 is 0. The number of hydrogen-bond acceptors (Lipinski definition) is 0. The number of aryl methyl sites for hydroxylation is 1. The molecule has 23 heavy (non-hydrogen) atoms. The Kier molecular flexibility index (Phi) is 2.77. The number of hydrogen-bond donors (Lipinski definition) is 0. The lowest BCUT2D eigenvalue weighted by molar-refractivity contribution is 1.39. The average Bonchev–Trinajstić information content (AvgIpc) is 2.96. The van der Waals surface area contributed by atoms with Gasteiger partial charge in [0.05, 0.1) is 0 Å². The summed E-state index contributed by atoms with van der Waals surface area (Å²) in [6.07, 6.45) is 1.21. The van der Waals surface area contributed by atoms with E-state index in [0.29, 0.717) is 0 Å². The maximum absolute atomic E-state index is 2.38. The van der Waals surface area contributed by atoms with E-state index in [4.69, 9.17) is 0 Å². The van der Waals surface area contributed by atoms with Gasteiger partial charge in [-0.15, -0.1) is 7.53 Å². The van der Waals surface area contributed by atoms with Gasteiger partial charge in [0, 0.05) is 21.0 Å². The lowest BCUT2D eigenvalue weighted by Gasteiger charge is -2.03. The lowest BCUT2D eigenvalue weighted by atomic mass is 10.00. The fraction of sp³-hybridized carbons (Fsp3) is 0.0909. The van der Waals surface area contributed by atoms with Crippen molar-refractivity contribution in [2.75, 3.05) is 0 Å². The van der Waals surface area contributed by atoms with Gasteiger partial charge in [0.15, 0.2) is 0 Å². The maximum Gasteiger partial charge on any atom is 0.00304 e. The van der Waals surface area contributed by atoms with Crippen molar-refractivity contribution in [3.8, 4) is 0 Å². The monoisotopic (exact) mass is 312 g/mol. The van der Waals surface area contributed by atoms with Crippen LogP contribution in [-0.2, 0) is 6.16 Å². The number of rotatable bonds is 1. The van der Waals surface area contributed by atoms with E-state index in [1.807, 2.05) is 0 Å². The normalized spacial score (nSPS) is 11.9. The Hall–Kier alpha value is -2.30. The summed E-state index contributed by atoms with van der Waals surface area (Å²) in [6, 6.07) is 27.0. The van der Waals surface area contributed by atoms with E-state index in [1.54, 1.807) is 10.2 Å². The Morgan fingerprint density at radius 2 is 1.09 bits per heavy atom. The van der Waals surface area contributed by atoms with E-state index in [0.717, 1.165) is 0 Å². The van der Waals surface area contributed by atoms with E-state index in [1.165, 1.54) is 38.5 Å². The highest BCUT2D eigenvalue weighted by Crippen LogP contribution is 2.53. The predicted octanol–water partition coefficient (Wildman–Crippen LogP) is 7.31. The fourth-order valence-electron chi connectivity index (χ4n) is 3.97. The second kappa shape index (κ2) is 4.85. The molecule has 0 aliphatic carbocycles. The van der Waals surface area contributed by atoms with Crippen LogP contribution in [0.15, 0.2) is 72.8 Å². The van der Waals surface area contributed by atoms with Crippen LogP contribution in [0.2, 0.25) is 0 Å². The van der Waals surface area contributed by atoms with E-state index >= 15 is 0 Å². The Balaban J connectivity index is 2.19. The van der Waals surface area contributed by atoms with Gasteiger partial charge in [-0.3, -0.25) is 0 Å². The third-order valence-corrected chi connectivity index (χ3v) is 7.50. The SMILES string of the molecule is CCp1c2ccc3ccccc3c2c2c3ccccc3ccc21. The van der Waals surface area contributed by atoms with Gasteiger partial charge in [0.1, 0.15) is 0 Å². The van der Waals surface area contributed by atoms with Crippen LogP contribution < -0.4 is 0 Å². The van der Waals surface area contributed by atoms with Crippen molar-refractivity contribution in [2.45, 2.75) is 13.1 Å². The standard InChI is InChI=1S/C22H17P/c1-2-23-19-13-11-15-7-3-5-9-17(15)21(19)22-18-10-6-4-8-16(18)12-14-20(22)23/h3-14H,2H2,1H3. The second-order valence-electron chi connectivity index (χ2n) is 6.11. The first-order valence-electron chi connectivity index (χ1n) is 8.20. The Bertz CT molecular complexity index is 1100. The molecule has 0 aliphatic rings. The van der Waals surface area contributed by atoms with Gasteiger partial charge in [-0.1, -0.05) is 67.6 Å². The van der Waals surface area contributed by atoms with Crippen LogP contribution in [0.1, 0.15) is 6.92 Å². The molecule has 0 amide bonds. The summed E-state index contributed by atoms with van der Waals surface area (Å²) in [7, 11) is -0.221. The van der Waals surface area contributed by atoms with E-state index < -0.39 is 0 Å². The Morgan fingerprint density at radius 3 is 1.57 bits per heavy atom. The molecule has 0 spiro atoms. The molecule has 5 aromatic rings. The second-order valence-corrected chi connectivity index (χ2v) is 8.56. The van der Waals surface area contributed by atoms with Crippen molar-refractivity contribution in [1.29, 1.82) is 0 Å². The minimum Gasteiger partial charge on any atom is -0.109 e. The van der Waals surface area contributed by atoms with Crippen LogP contribution in [-0.4, -0.2) is 0 Å². The van der Waals surface area contributed by atoms with Crippen LogP contribution in [0.5, 0.6) is 0 Å². The van der Waals surface area contributed by atoms with Crippen molar-refractivity contribution >= 4 is 50.1 Å². The van der Waals surface area contributed by atoms with Crippen molar-refractivity contribution in [2.24, 2.45) is 0 Å². The minimum atomic E-state index is -0.221. The zero-order valence-electron chi connectivity index (χ0n) is 13.1. The molecule has 0 bridgehead atoms. The molecular weight excluding hydrogens is 295 g/mol. The van der Waals surface area contributed by atoms with Gasteiger partial charge in [-0.2, -0.15) is 0 Å².